The number of carbonyl (C=O) groups is 1. The van der Waals surface area contributed by atoms with Gasteiger partial charge in [0, 0.05) is 18.2 Å². The molecular weight excluding hydrogens is 410 g/mol. The highest BCUT2D eigenvalue weighted by Crippen LogP contribution is 2.30. The number of carbonyl (C=O) groups excluding carboxylic acids is 1. The van der Waals surface area contributed by atoms with Gasteiger partial charge in [-0.3, -0.25) is 4.79 Å². The summed E-state index contributed by atoms with van der Waals surface area (Å²) in [5, 5.41) is 0. The molecule has 0 spiro atoms. The van der Waals surface area contributed by atoms with Crippen molar-refractivity contribution in [3.05, 3.63) is 95.6 Å². The van der Waals surface area contributed by atoms with Crippen LogP contribution >= 0.6 is 0 Å². The molecule has 0 heterocycles. The van der Waals surface area contributed by atoms with E-state index in [1.807, 2.05) is 29.2 Å². The molecule has 1 aliphatic rings. The molecule has 160 valence electrons. The topological polar surface area (TPSA) is 63.7 Å². The molecule has 0 N–H and O–H groups in total. The highest BCUT2D eigenvalue weighted by atomic mass is 32.2. The lowest BCUT2D eigenvalue weighted by molar-refractivity contribution is 0.0730. The summed E-state index contributed by atoms with van der Waals surface area (Å²) >= 11 is 0. The van der Waals surface area contributed by atoms with Gasteiger partial charge in [0.2, 0.25) is 0 Å². The zero-order valence-electron chi connectivity index (χ0n) is 17.4. The number of benzene rings is 3. The third-order valence-corrected chi connectivity index (χ3v) is 7.10. The minimum atomic E-state index is -3.47. The zero-order chi connectivity index (χ0) is 21.8. The van der Waals surface area contributed by atoms with Crippen molar-refractivity contribution in [3.8, 4) is 5.75 Å². The molecule has 6 heteroatoms. The summed E-state index contributed by atoms with van der Waals surface area (Å²) in [6.45, 7) is 0.514. The minimum Gasteiger partial charge on any atom is -0.497 e. The molecule has 3 aromatic carbocycles. The van der Waals surface area contributed by atoms with Crippen LogP contribution in [0.25, 0.3) is 0 Å². The van der Waals surface area contributed by atoms with Crippen molar-refractivity contribution in [2.45, 2.75) is 36.1 Å². The molecule has 1 aliphatic carbocycles. The third-order valence-electron chi connectivity index (χ3n) is 5.39. The van der Waals surface area contributed by atoms with E-state index in [9.17, 15) is 13.2 Å². The molecule has 1 amide bonds. The Kier molecular flexibility index (Phi) is 6.09. The second-order valence-corrected chi connectivity index (χ2v) is 9.77. The maximum atomic E-state index is 13.3. The quantitative estimate of drug-likeness (QED) is 0.524. The van der Waals surface area contributed by atoms with Gasteiger partial charge >= 0.3 is 0 Å². The fraction of sp³-hybridized carbons (Fsp3) is 0.240. The summed E-state index contributed by atoms with van der Waals surface area (Å²) < 4.78 is 30.7. The Balaban J connectivity index is 1.53. The first-order valence-electron chi connectivity index (χ1n) is 10.3. The Hall–Kier alpha value is -3.12. The first kappa shape index (κ1) is 21.1. The van der Waals surface area contributed by atoms with E-state index in [2.05, 4.69) is 0 Å². The lowest BCUT2D eigenvalue weighted by Crippen LogP contribution is -2.32. The number of hydrogen-bond acceptors (Lipinski definition) is 4. The second kappa shape index (κ2) is 8.94. The molecule has 0 aromatic heterocycles. The van der Waals surface area contributed by atoms with Crippen molar-refractivity contribution >= 4 is 15.7 Å². The van der Waals surface area contributed by atoms with Gasteiger partial charge in [0.05, 0.1) is 17.8 Å². The molecule has 5 nitrogen and oxygen atoms in total. The average molecular weight is 436 g/mol. The molecule has 0 saturated heterocycles. The standard InChI is InChI=1S/C25H25NO4S/c1-30-23-14-10-19(11-15-23)17-26(22-12-13-22)25(27)21-7-5-6-20(16-21)18-31(28,29)24-8-3-2-4-9-24/h2-11,14-16,22H,12-13,17-18H2,1H3. The largest absolute Gasteiger partial charge is 0.497 e. The van der Waals surface area contributed by atoms with Crippen molar-refractivity contribution in [1.29, 1.82) is 0 Å². The predicted molar refractivity (Wildman–Crippen MR) is 120 cm³/mol. The lowest BCUT2D eigenvalue weighted by atomic mass is 10.1. The molecule has 1 fully saturated rings. The highest BCUT2D eigenvalue weighted by molar-refractivity contribution is 7.90. The van der Waals surface area contributed by atoms with Gasteiger partial charge in [-0.15, -0.1) is 0 Å². The van der Waals surface area contributed by atoms with Crippen LogP contribution < -0.4 is 4.74 Å². The summed E-state index contributed by atoms with van der Waals surface area (Å²) in [7, 11) is -1.85. The molecule has 3 aromatic rings. The summed E-state index contributed by atoms with van der Waals surface area (Å²) in [6, 6.07) is 23.3. The fourth-order valence-corrected chi connectivity index (χ4v) is 4.93. The fourth-order valence-electron chi connectivity index (χ4n) is 3.57. The van der Waals surface area contributed by atoms with Gasteiger partial charge in [0.25, 0.3) is 5.91 Å². The van der Waals surface area contributed by atoms with Crippen LogP contribution in [-0.4, -0.2) is 32.4 Å². The Morgan fingerprint density at radius 2 is 1.65 bits per heavy atom. The third kappa shape index (κ3) is 5.14. The SMILES string of the molecule is COc1ccc(CN(C(=O)c2cccc(CS(=O)(=O)c3ccccc3)c2)C2CC2)cc1. The minimum absolute atomic E-state index is 0.0720. The predicted octanol–water partition coefficient (Wildman–Crippen LogP) is 4.47. The maximum absolute atomic E-state index is 13.3. The van der Waals surface area contributed by atoms with Gasteiger partial charge < -0.3 is 9.64 Å². The van der Waals surface area contributed by atoms with Crippen LogP contribution in [0.4, 0.5) is 0 Å². The van der Waals surface area contributed by atoms with Crippen molar-refractivity contribution in [2.75, 3.05) is 7.11 Å². The first-order valence-corrected chi connectivity index (χ1v) is 11.9. The number of methoxy groups -OCH3 is 1. The summed E-state index contributed by atoms with van der Waals surface area (Å²) in [4.78, 5) is 15.5. The van der Waals surface area contributed by atoms with Crippen LogP contribution in [0.15, 0.2) is 83.8 Å². The maximum Gasteiger partial charge on any atom is 0.254 e. The highest BCUT2D eigenvalue weighted by Gasteiger charge is 2.33. The summed E-state index contributed by atoms with van der Waals surface area (Å²) in [5.74, 6) is 0.567. The van der Waals surface area contributed by atoms with Crippen molar-refractivity contribution in [3.63, 3.8) is 0 Å². The van der Waals surface area contributed by atoms with E-state index in [1.54, 1.807) is 61.7 Å². The normalized spacial score (nSPS) is 13.6. The number of hydrogen-bond donors (Lipinski definition) is 0. The molecule has 1 saturated carbocycles. The molecule has 0 unspecified atom stereocenters. The Labute approximate surface area is 183 Å². The van der Waals surface area contributed by atoms with Crippen molar-refractivity contribution < 1.29 is 17.9 Å². The number of sulfone groups is 1. The van der Waals surface area contributed by atoms with Crippen LogP contribution in [0, 0.1) is 0 Å². The summed E-state index contributed by atoms with van der Waals surface area (Å²) in [5.41, 5.74) is 2.15. The Bertz CT molecular complexity index is 1150. The van der Waals surface area contributed by atoms with Gasteiger partial charge in [-0.2, -0.15) is 0 Å². The van der Waals surface area contributed by atoms with E-state index in [4.69, 9.17) is 4.74 Å². The van der Waals surface area contributed by atoms with E-state index in [1.165, 1.54) is 0 Å². The van der Waals surface area contributed by atoms with E-state index < -0.39 is 9.84 Å². The molecule has 0 radical (unpaired) electrons. The van der Waals surface area contributed by atoms with Gasteiger partial charge in [0.1, 0.15) is 5.75 Å². The van der Waals surface area contributed by atoms with E-state index in [0.717, 1.165) is 24.2 Å². The van der Waals surface area contributed by atoms with Crippen LogP contribution in [0.2, 0.25) is 0 Å². The first-order chi connectivity index (χ1) is 15.0. The lowest BCUT2D eigenvalue weighted by Gasteiger charge is -2.23. The Morgan fingerprint density at radius 1 is 0.935 bits per heavy atom. The van der Waals surface area contributed by atoms with Crippen LogP contribution in [0.3, 0.4) is 0 Å². The van der Waals surface area contributed by atoms with Crippen molar-refractivity contribution in [2.24, 2.45) is 0 Å². The number of nitrogens with zero attached hydrogens (tertiary/aromatic N) is 1. The summed E-state index contributed by atoms with van der Waals surface area (Å²) in [6.07, 6.45) is 1.98. The monoisotopic (exact) mass is 435 g/mol. The van der Waals surface area contributed by atoms with E-state index in [-0.39, 0.29) is 22.6 Å². The van der Waals surface area contributed by atoms with Gasteiger partial charge in [-0.05, 0) is 60.4 Å². The van der Waals surface area contributed by atoms with Crippen LogP contribution in [0.1, 0.15) is 34.3 Å². The van der Waals surface area contributed by atoms with E-state index in [0.29, 0.717) is 17.7 Å². The van der Waals surface area contributed by atoms with Crippen LogP contribution in [-0.2, 0) is 22.1 Å². The van der Waals surface area contributed by atoms with Gasteiger partial charge in [-0.25, -0.2) is 8.42 Å². The molecule has 4 rings (SSSR count). The van der Waals surface area contributed by atoms with Gasteiger partial charge in [-0.1, -0.05) is 42.5 Å². The average Bonchev–Trinajstić information content (AvgIpc) is 3.63. The second-order valence-electron chi connectivity index (χ2n) is 7.78. The van der Waals surface area contributed by atoms with Gasteiger partial charge in [0.15, 0.2) is 9.84 Å². The number of ether oxygens (including phenoxy) is 1. The molecule has 0 aliphatic heterocycles. The number of rotatable bonds is 8. The zero-order valence-corrected chi connectivity index (χ0v) is 18.2. The number of amides is 1. The molecule has 31 heavy (non-hydrogen) atoms. The Morgan fingerprint density at radius 3 is 2.29 bits per heavy atom. The molecule has 0 atom stereocenters. The molecular formula is C25H25NO4S. The molecule has 0 bridgehead atoms. The smallest absolute Gasteiger partial charge is 0.254 e. The van der Waals surface area contributed by atoms with Crippen molar-refractivity contribution in [1.82, 2.24) is 4.90 Å². The van der Waals surface area contributed by atoms with Crippen LogP contribution in [0.5, 0.6) is 5.75 Å². The van der Waals surface area contributed by atoms with E-state index >= 15 is 0 Å².